The zero-order valence-corrected chi connectivity index (χ0v) is 19.0. The Hall–Kier alpha value is -1.03. The van der Waals surface area contributed by atoms with Crippen molar-refractivity contribution in [2.45, 2.75) is 102 Å². The lowest BCUT2D eigenvalue weighted by atomic mass is 10.0. The zero-order valence-electron chi connectivity index (χ0n) is 18.2. The molecule has 0 aromatic heterocycles. The van der Waals surface area contributed by atoms with E-state index in [2.05, 4.69) is 16.3 Å². The van der Waals surface area contributed by atoms with Gasteiger partial charge in [-0.2, -0.15) is 4.39 Å². The molecule has 4 nitrogen and oxygen atoms in total. The molecule has 1 aromatic carbocycles. The minimum atomic E-state index is -1.89. The molecule has 0 spiro atoms. The highest BCUT2D eigenvalue weighted by Gasteiger charge is 2.28. The quantitative estimate of drug-likeness (QED) is 0.0417. The molecule has 1 rings (SSSR count). The van der Waals surface area contributed by atoms with Crippen molar-refractivity contribution in [1.29, 1.82) is 0 Å². The molecule has 0 radical (unpaired) electrons. The van der Waals surface area contributed by atoms with Crippen molar-refractivity contribution in [3.05, 3.63) is 23.3 Å². The van der Waals surface area contributed by atoms with Gasteiger partial charge in [-0.15, -0.1) is 4.33 Å². The maximum atomic E-state index is 14.2. The van der Waals surface area contributed by atoms with E-state index in [0.29, 0.717) is 6.42 Å². The average molecular weight is 471 g/mol. The Bertz CT molecular complexity index is 620. The molecule has 0 unspecified atom stereocenters. The van der Waals surface area contributed by atoms with Crippen LogP contribution in [0.2, 0.25) is 0 Å². The van der Waals surface area contributed by atoms with Crippen LogP contribution in [0.3, 0.4) is 0 Å². The summed E-state index contributed by atoms with van der Waals surface area (Å²) in [4.78, 5) is -1.01. The third-order valence-electron chi connectivity index (χ3n) is 5.07. The van der Waals surface area contributed by atoms with E-state index < -0.39 is 33.9 Å². The molecular formula is C22H34F4O4S. The lowest BCUT2D eigenvalue weighted by Crippen LogP contribution is -2.07. The predicted molar refractivity (Wildman–Crippen MR) is 113 cm³/mol. The number of unbranched alkanes of at least 4 members (excludes halogenated alkanes) is 13. The van der Waals surface area contributed by atoms with Gasteiger partial charge in [-0.05, 0) is 6.42 Å². The van der Waals surface area contributed by atoms with Gasteiger partial charge in [0.05, 0.1) is 18.6 Å². The molecule has 0 saturated carbocycles. The molecule has 180 valence electrons. The topological polar surface area (TPSA) is 47.9 Å². The van der Waals surface area contributed by atoms with E-state index in [1.807, 2.05) is 0 Å². The highest BCUT2D eigenvalue weighted by molar-refractivity contribution is 7.94. The van der Waals surface area contributed by atoms with E-state index >= 15 is 0 Å². The van der Waals surface area contributed by atoms with Crippen molar-refractivity contribution < 1.29 is 36.9 Å². The zero-order chi connectivity index (χ0) is 22.9. The van der Waals surface area contributed by atoms with E-state index in [9.17, 15) is 17.6 Å². The molecule has 0 heterocycles. The van der Waals surface area contributed by atoms with Gasteiger partial charge in [0.1, 0.15) is 4.90 Å². The smallest absolute Gasteiger partial charge is 0.206 e. The molecule has 1 aromatic rings. The molecule has 9 heteroatoms. The summed E-state index contributed by atoms with van der Waals surface area (Å²) in [7, 11) is 0. The fourth-order valence-electron chi connectivity index (χ4n) is 3.31. The number of hydrogen-bond donors (Lipinski definition) is 1. The summed E-state index contributed by atoms with van der Waals surface area (Å²) in [5.74, 6) is -7.89. The molecule has 0 aliphatic rings. The van der Waals surface area contributed by atoms with Crippen LogP contribution in [0.4, 0.5) is 17.6 Å². The molecule has 0 aliphatic carbocycles. The summed E-state index contributed by atoms with van der Waals surface area (Å²) in [6, 6.07) is 0. The van der Waals surface area contributed by atoms with Crippen LogP contribution in [0, 0.1) is 23.3 Å². The molecule has 1 N–H and O–H groups in total. The van der Waals surface area contributed by atoms with Crippen LogP contribution in [0.5, 0.6) is 5.75 Å². The third kappa shape index (κ3) is 10.9. The summed E-state index contributed by atoms with van der Waals surface area (Å²) >= 11 is -0.134. The van der Waals surface area contributed by atoms with Gasteiger partial charge in [0.25, 0.3) is 0 Å². The van der Waals surface area contributed by atoms with Crippen molar-refractivity contribution >= 4 is 12.0 Å². The SMILES string of the molecule is CCCCCCCCCCCCCCCCOc1c(F)c(F)c(F)c(SOOO)c1F. The van der Waals surface area contributed by atoms with Gasteiger partial charge in [0, 0.05) is 0 Å². The molecule has 0 bridgehead atoms. The second kappa shape index (κ2) is 17.5. The first kappa shape index (κ1) is 28.0. The van der Waals surface area contributed by atoms with Crippen LogP contribution < -0.4 is 4.74 Å². The molecule has 0 aliphatic heterocycles. The normalized spacial score (nSPS) is 11.3. The van der Waals surface area contributed by atoms with Gasteiger partial charge in [-0.1, -0.05) is 95.4 Å². The van der Waals surface area contributed by atoms with Crippen LogP contribution >= 0.6 is 12.0 Å². The predicted octanol–water partition coefficient (Wildman–Crippen LogP) is 8.53. The van der Waals surface area contributed by atoms with Crippen LogP contribution in [0.15, 0.2) is 4.90 Å². The second-order valence-electron chi connectivity index (χ2n) is 7.58. The highest BCUT2D eigenvalue weighted by atomic mass is 32.2. The summed E-state index contributed by atoms with van der Waals surface area (Å²) in [6.07, 6.45) is 16.3. The van der Waals surface area contributed by atoms with E-state index in [-0.39, 0.29) is 18.6 Å². The Balaban J connectivity index is 2.16. The maximum Gasteiger partial charge on any atom is 0.206 e. The third-order valence-corrected chi connectivity index (χ3v) is 5.73. The first-order chi connectivity index (χ1) is 15.0. The Labute approximate surface area is 186 Å². The van der Waals surface area contributed by atoms with Crippen LogP contribution in [0.1, 0.15) is 96.8 Å². The van der Waals surface area contributed by atoms with Gasteiger partial charge in [0.15, 0.2) is 23.2 Å². The first-order valence-corrected chi connectivity index (χ1v) is 11.9. The van der Waals surface area contributed by atoms with E-state index in [4.69, 9.17) is 9.99 Å². The standard InChI is InChI=1S/C22H34F4O4S/c1-2-3-4-5-6-7-8-9-10-11-12-13-14-15-16-28-21-18(24)17(23)19(25)22(20(21)26)31-30-29-27/h27H,2-16H2,1H3. The van der Waals surface area contributed by atoms with Crippen molar-refractivity contribution in [2.75, 3.05) is 6.61 Å². The van der Waals surface area contributed by atoms with E-state index in [1.165, 1.54) is 57.8 Å². The fourth-order valence-corrected chi connectivity index (χ4v) is 3.74. The van der Waals surface area contributed by atoms with Crippen molar-refractivity contribution in [2.24, 2.45) is 0 Å². The summed E-state index contributed by atoms with van der Waals surface area (Å²) in [6.45, 7) is 2.19. The first-order valence-electron chi connectivity index (χ1n) is 11.2. The van der Waals surface area contributed by atoms with Crippen LogP contribution in [0.25, 0.3) is 0 Å². The van der Waals surface area contributed by atoms with Crippen molar-refractivity contribution in [1.82, 2.24) is 0 Å². The summed E-state index contributed by atoms with van der Waals surface area (Å²) < 4.78 is 64.1. The molecule has 0 fully saturated rings. The monoisotopic (exact) mass is 470 g/mol. The van der Waals surface area contributed by atoms with Gasteiger partial charge in [-0.3, -0.25) is 0 Å². The fraction of sp³-hybridized carbons (Fsp3) is 0.727. The van der Waals surface area contributed by atoms with E-state index in [1.54, 1.807) is 0 Å². The molecule has 0 atom stereocenters. The number of halogens is 4. The Morgan fingerprint density at radius 1 is 0.645 bits per heavy atom. The van der Waals surface area contributed by atoms with Gasteiger partial charge < -0.3 is 4.74 Å². The second-order valence-corrected chi connectivity index (χ2v) is 8.30. The van der Waals surface area contributed by atoms with Crippen molar-refractivity contribution in [3.63, 3.8) is 0 Å². The lowest BCUT2D eigenvalue weighted by Gasteiger charge is -2.12. The number of hydrogen-bond acceptors (Lipinski definition) is 5. The Kier molecular flexibility index (Phi) is 15.8. The summed E-state index contributed by atoms with van der Waals surface area (Å²) in [5, 5.41) is 11.3. The van der Waals surface area contributed by atoms with Gasteiger partial charge >= 0.3 is 0 Å². The van der Waals surface area contributed by atoms with Gasteiger partial charge in [0.2, 0.25) is 5.82 Å². The van der Waals surface area contributed by atoms with Crippen LogP contribution in [-0.4, -0.2) is 11.9 Å². The van der Waals surface area contributed by atoms with Crippen LogP contribution in [-0.2, 0) is 9.37 Å². The van der Waals surface area contributed by atoms with E-state index in [0.717, 1.165) is 25.7 Å². The molecule has 0 saturated heterocycles. The average Bonchev–Trinajstić information content (AvgIpc) is 2.77. The lowest BCUT2D eigenvalue weighted by molar-refractivity contribution is -0.432. The number of benzene rings is 1. The van der Waals surface area contributed by atoms with Gasteiger partial charge in [-0.25, -0.2) is 18.4 Å². The Morgan fingerprint density at radius 3 is 1.61 bits per heavy atom. The molecular weight excluding hydrogens is 436 g/mol. The number of rotatable bonds is 19. The Morgan fingerprint density at radius 2 is 1.13 bits per heavy atom. The molecule has 31 heavy (non-hydrogen) atoms. The highest BCUT2D eigenvalue weighted by Crippen LogP contribution is 2.36. The summed E-state index contributed by atoms with van der Waals surface area (Å²) in [5.41, 5.74) is 0. The molecule has 0 amide bonds. The largest absolute Gasteiger partial charge is 0.488 e. The minimum absolute atomic E-state index is 0.0294. The minimum Gasteiger partial charge on any atom is -0.488 e. The maximum absolute atomic E-state index is 14.2. The number of ether oxygens (including phenoxy) is 1. The van der Waals surface area contributed by atoms with Crippen molar-refractivity contribution in [3.8, 4) is 5.75 Å².